The number of nitrogens with one attached hydrogen (secondary N) is 1. The summed E-state index contributed by atoms with van der Waals surface area (Å²) in [4.78, 5) is 19.1. The van der Waals surface area contributed by atoms with Crippen LogP contribution < -0.4 is 5.32 Å². The van der Waals surface area contributed by atoms with Crippen molar-refractivity contribution in [3.8, 4) is 10.6 Å². The Hall–Kier alpha value is -2.50. The Morgan fingerprint density at radius 1 is 1.07 bits per heavy atom. The second-order valence-corrected chi connectivity index (χ2v) is 7.86. The second kappa shape index (κ2) is 8.46. The summed E-state index contributed by atoms with van der Waals surface area (Å²) in [6.07, 6.45) is 0. The van der Waals surface area contributed by atoms with E-state index in [-0.39, 0.29) is 5.91 Å². The van der Waals surface area contributed by atoms with Crippen molar-refractivity contribution in [1.29, 1.82) is 0 Å². The van der Waals surface area contributed by atoms with E-state index in [4.69, 9.17) is 4.98 Å². The number of aryl methyl sites for hydroxylation is 3. The highest BCUT2D eigenvalue weighted by Crippen LogP contribution is 2.24. The van der Waals surface area contributed by atoms with Gasteiger partial charge < -0.3 is 5.32 Å². The number of carbonyl (C=O) groups is 1. The van der Waals surface area contributed by atoms with E-state index in [9.17, 15) is 4.79 Å². The van der Waals surface area contributed by atoms with Crippen LogP contribution in [0, 0.1) is 20.8 Å². The molecule has 0 saturated heterocycles. The number of aromatic nitrogens is 1. The zero-order chi connectivity index (χ0) is 19.4. The molecule has 140 valence electrons. The van der Waals surface area contributed by atoms with Gasteiger partial charge in [-0.1, -0.05) is 48.0 Å². The Kier molecular flexibility index (Phi) is 6.04. The summed E-state index contributed by atoms with van der Waals surface area (Å²) in [5, 5.41) is 6.11. The molecule has 0 atom stereocenters. The van der Waals surface area contributed by atoms with Crippen LogP contribution in [-0.2, 0) is 11.3 Å². The van der Waals surface area contributed by atoms with E-state index in [2.05, 4.69) is 41.9 Å². The first-order chi connectivity index (χ1) is 12.9. The van der Waals surface area contributed by atoms with Gasteiger partial charge in [0.2, 0.25) is 5.91 Å². The maximum absolute atomic E-state index is 12.4. The molecule has 0 aliphatic carbocycles. The fraction of sp³-hybridized carbons (Fsp3) is 0.273. The van der Waals surface area contributed by atoms with Gasteiger partial charge in [-0.3, -0.25) is 9.69 Å². The lowest BCUT2D eigenvalue weighted by atomic mass is 10.1. The molecule has 2 aromatic carbocycles. The molecule has 0 unspecified atom stereocenters. The highest BCUT2D eigenvalue weighted by Gasteiger charge is 2.12. The van der Waals surface area contributed by atoms with Crippen molar-refractivity contribution in [3.05, 3.63) is 70.2 Å². The SMILES string of the molecule is Cc1ccc(-c2nc(CN(C)CC(=O)Nc3c(C)cccc3C)cs2)cc1. The van der Waals surface area contributed by atoms with Gasteiger partial charge in [-0.25, -0.2) is 4.98 Å². The van der Waals surface area contributed by atoms with E-state index in [0.29, 0.717) is 13.1 Å². The minimum Gasteiger partial charge on any atom is -0.324 e. The first-order valence-electron chi connectivity index (χ1n) is 8.98. The zero-order valence-corrected chi connectivity index (χ0v) is 17.1. The summed E-state index contributed by atoms with van der Waals surface area (Å²) in [6, 6.07) is 14.4. The number of likely N-dealkylation sites (N-methyl/N-ethyl adjacent to an activating group) is 1. The summed E-state index contributed by atoms with van der Waals surface area (Å²) in [5.74, 6) is -0.0103. The van der Waals surface area contributed by atoms with Gasteiger partial charge >= 0.3 is 0 Å². The number of benzene rings is 2. The molecule has 0 spiro atoms. The van der Waals surface area contributed by atoms with Crippen molar-refractivity contribution in [2.24, 2.45) is 0 Å². The number of anilines is 1. The molecule has 3 rings (SSSR count). The lowest BCUT2D eigenvalue weighted by molar-refractivity contribution is -0.117. The Labute approximate surface area is 164 Å². The summed E-state index contributed by atoms with van der Waals surface area (Å²) in [5.41, 5.74) is 6.42. The molecule has 1 N–H and O–H groups in total. The Balaban J connectivity index is 1.58. The van der Waals surface area contributed by atoms with Gasteiger partial charge in [-0.2, -0.15) is 0 Å². The fourth-order valence-corrected chi connectivity index (χ4v) is 3.79. The van der Waals surface area contributed by atoms with Crippen LogP contribution in [0.2, 0.25) is 0 Å². The number of thiazole rings is 1. The molecule has 0 saturated carbocycles. The number of hydrogen-bond acceptors (Lipinski definition) is 4. The molecule has 0 aliphatic rings. The van der Waals surface area contributed by atoms with Crippen molar-refractivity contribution >= 4 is 22.9 Å². The normalized spacial score (nSPS) is 11.0. The average molecular weight is 380 g/mol. The molecule has 5 heteroatoms. The van der Waals surface area contributed by atoms with E-state index in [1.54, 1.807) is 11.3 Å². The third kappa shape index (κ3) is 5.02. The molecule has 1 heterocycles. The predicted octanol–water partition coefficient (Wildman–Crippen LogP) is 4.81. The topological polar surface area (TPSA) is 45.2 Å². The van der Waals surface area contributed by atoms with Gasteiger partial charge in [-0.15, -0.1) is 11.3 Å². The maximum Gasteiger partial charge on any atom is 0.238 e. The molecule has 1 amide bonds. The van der Waals surface area contributed by atoms with Crippen LogP contribution in [-0.4, -0.2) is 29.4 Å². The Morgan fingerprint density at radius 2 is 1.74 bits per heavy atom. The van der Waals surface area contributed by atoms with Crippen molar-refractivity contribution in [3.63, 3.8) is 0 Å². The first kappa shape index (κ1) is 19.3. The quantitative estimate of drug-likeness (QED) is 0.669. The Morgan fingerprint density at radius 3 is 2.41 bits per heavy atom. The fourth-order valence-electron chi connectivity index (χ4n) is 2.98. The van der Waals surface area contributed by atoms with Crippen LogP contribution in [0.3, 0.4) is 0 Å². The van der Waals surface area contributed by atoms with Crippen molar-refractivity contribution in [2.75, 3.05) is 18.9 Å². The minimum atomic E-state index is -0.0103. The van der Waals surface area contributed by atoms with Crippen LogP contribution >= 0.6 is 11.3 Å². The zero-order valence-electron chi connectivity index (χ0n) is 16.2. The van der Waals surface area contributed by atoms with Crippen LogP contribution in [0.15, 0.2) is 47.8 Å². The molecule has 0 bridgehead atoms. The van der Waals surface area contributed by atoms with Crippen LogP contribution in [0.4, 0.5) is 5.69 Å². The van der Waals surface area contributed by atoms with Gasteiger partial charge in [0.1, 0.15) is 5.01 Å². The number of para-hydroxylation sites is 1. The van der Waals surface area contributed by atoms with Crippen LogP contribution in [0.25, 0.3) is 10.6 Å². The third-order valence-corrected chi connectivity index (χ3v) is 5.38. The number of nitrogens with zero attached hydrogens (tertiary/aromatic N) is 2. The lowest BCUT2D eigenvalue weighted by Crippen LogP contribution is -2.30. The molecule has 0 fully saturated rings. The standard InChI is InChI=1S/C22H25N3OS/c1-15-8-10-18(11-9-15)22-23-19(14-27-22)12-25(4)13-20(26)24-21-16(2)6-5-7-17(21)3/h5-11,14H,12-13H2,1-4H3,(H,24,26). The van der Waals surface area contributed by atoms with E-state index in [1.807, 2.05) is 44.0 Å². The molecule has 3 aromatic rings. The van der Waals surface area contributed by atoms with Gasteiger partial charge in [0.05, 0.1) is 12.2 Å². The molecule has 4 nitrogen and oxygen atoms in total. The van der Waals surface area contributed by atoms with Gasteiger partial charge in [-0.05, 0) is 38.9 Å². The number of rotatable bonds is 6. The smallest absolute Gasteiger partial charge is 0.238 e. The molecular weight excluding hydrogens is 354 g/mol. The highest BCUT2D eigenvalue weighted by molar-refractivity contribution is 7.13. The summed E-state index contributed by atoms with van der Waals surface area (Å²) >= 11 is 1.64. The van der Waals surface area contributed by atoms with Crippen molar-refractivity contribution < 1.29 is 4.79 Å². The minimum absolute atomic E-state index is 0.0103. The molecular formula is C22H25N3OS. The number of hydrogen-bond donors (Lipinski definition) is 1. The van der Waals surface area contributed by atoms with E-state index in [0.717, 1.165) is 33.1 Å². The van der Waals surface area contributed by atoms with Gasteiger partial charge in [0, 0.05) is 23.2 Å². The summed E-state index contributed by atoms with van der Waals surface area (Å²) < 4.78 is 0. The highest BCUT2D eigenvalue weighted by atomic mass is 32.1. The molecule has 0 radical (unpaired) electrons. The molecule has 27 heavy (non-hydrogen) atoms. The average Bonchev–Trinajstić information content (AvgIpc) is 3.07. The predicted molar refractivity (Wildman–Crippen MR) is 113 cm³/mol. The number of amides is 1. The Bertz CT molecular complexity index is 911. The van der Waals surface area contributed by atoms with E-state index in [1.165, 1.54) is 5.56 Å². The largest absolute Gasteiger partial charge is 0.324 e. The van der Waals surface area contributed by atoms with E-state index < -0.39 is 0 Å². The lowest BCUT2D eigenvalue weighted by Gasteiger charge is -2.16. The van der Waals surface area contributed by atoms with Crippen LogP contribution in [0.5, 0.6) is 0 Å². The van der Waals surface area contributed by atoms with Gasteiger partial charge in [0.25, 0.3) is 0 Å². The van der Waals surface area contributed by atoms with Crippen molar-refractivity contribution in [2.45, 2.75) is 27.3 Å². The number of carbonyl (C=O) groups excluding carboxylic acids is 1. The van der Waals surface area contributed by atoms with Crippen molar-refractivity contribution in [1.82, 2.24) is 9.88 Å². The summed E-state index contributed by atoms with van der Waals surface area (Å²) in [7, 11) is 1.94. The third-order valence-electron chi connectivity index (χ3n) is 4.44. The maximum atomic E-state index is 12.4. The molecule has 0 aliphatic heterocycles. The van der Waals surface area contributed by atoms with E-state index >= 15 is 0 Å². The summed E-state index contributed by atoms with van der Waals surface area (Å²) in [6.45, 7) is 7.06. The second-order valence-electron chi connectivity index (χ2n) is 7.00. The van der Waals surface area contributed by atoms with Gasteiger partial charge in [0.15, 0.2) is 0 Å². The molecule has 1 aromatic heterocycles. The monoisotopic (exact) mass is 379 g/mol. The first-order valence-corrected chi connectivity index (χ1v) is 9.86. The van der Waals surface area contributed by atoms with Crippen LogP contribution in [0.1, 0.15) is 22.4 Å².